The molecule has 7 heteroatoms. The summed E-state index contributed by atoms with van der Waals surface area (Å²) in [6, 6.07) is 4.55. The lowest BCUT2D eigenvalue weighted by molar-refractivity contribution is 0.153. The highest BCUT2D eigenvalue weighted by Gasteiger charge is 2.25. The van der Waals surface area contributed by atoms with Gasteiger partial charge in [0.1, 0.15) is 0 Å². The molecule has 1 heterocycles. The van der Waals surface area contributed by atoms with Gasteiger partial charge < -0.3 is 19.5 Å². The van der Waals surface area contributed by atoms with E-state index in [0.717, 1.165) is 44.1 Å². The first-order valence-electron chi connectivity index (χ1n) is 8.35. The topological polar surface area (TPSA) is 43.0 Å². The van der Waals surface area contributed by atoms with E-state index < -0.39 is 0 Å². The number of hydrogen-bond acceptors (Lipinski definition) is 5. The van der Waals surface area contributed by atoms with Gasteiger partial charge in [-0.05, 0) is 30.0 Å². The second-order valence-corrected chi connectivity index (χ2v) is 6.39. The molecule has 2 rings (SSSR count). The summed E-state index contributed by atoms with van der Waals surface area (Å²) in [5.74, 6) is 2.73. The minimum absolute atomic E-state index is 0. The average Bonchev–Trinajstić information content (AvgIpc) is 2.58. The predicted octanol–water partition coefficient (Wildman–Crippen LogP) is 3.55. The highest BCUT2D eigenvalue weighted by molar-refractivity contribution is 5.85. The standard InChI is InChI=1S/C18H30N2O3.2ClH/c1-13(2)10-15(20-8-6-19-7-9-20)14-11-16(21-3)18(23-5)17(12-14)22-4;;/h11-13,15,19H,6-10H2,1-5H3;2*1H/t15-;;/m0../s1. The van der Waals surface area contributed by atoms with E-state index in [1.165, 1.54) is 5.56 Å². The Morgan fingerprint density at radius 2 is 1.48 bits per heavy atom. The summed E-state index contributed by atoms with van der Waals surface area (Å²) in [5, 5.41) is 3.43. The van der Waals surface area contributed by atoms with Crippen molar-refractivity contribution in [2.75, 3.05) is 47.5 Å². The molecule has 0 saturated carbocycles. The molecule has 0 amide bonds. The molecule has 1 aliphatic heterocycles. The number of methoxy groups -OCH3 is 3. The maximum atomic E-state index is 5.53. The third-order valence-corrected chi connectivity index (χ3v) is 4.36. The van der Waals surface area contributed by atoms with Gasteiger partial charge in [0, 0.05) is 32.2 Å². The van der Waals surface area contributed by atoms with Crippen molar-refractivity contribution in [1.29, 1.82) is 0 Å². The number of rotatable bonds is 7. The van der Waals surface area contributed by atoms with Crippen molar-refractivity contribution >= 4 is 24.8 Å². The summed E-state index contributed by atoms with van der Waals surface area (Å²) in [6.07, 6.45) is 1.11. The Kier molecular flexibility index (Phi) is 11.3. The van der Waals surface area contributed by atoms with Crippen LogP contribution in [0.4, 0.5) is 0 Å². The van der Waals surface area contributed by atoms with Crippen molar-refractivity contribution in [3.63, 3.8) is 0 Å². The van der Waals surface area contributed by atoms with Crippen molar-refractivity contribution in [1.82, 2.24) is 10.2 Å². The molecule has 0 radical (unpaired) electrons. The van der Waals surface area contributed by atoms with Crippen LogP contribution in [0.15, 0.2) is 12.1 Å². The zero-order valence-electron chi connectivity index (χ0n) is 15.8. The molecule has 0 spiro atoms. The minimum Gasteiger partial charge on any atom is -0.493 e. The second-order valence-electron chi connectivity index (χ2n) is 6.39. The number of piperazine rings is 1. The SMILES string of the molecule is COc1cc([C@H](CC(C)C)N2CCNCC2)cc(OC)c1OC.Cl.Cl. The molecule has 1 aromatic carbocycles. The van der Waals surface area contributed by atoms with Crippen LogP contribution >= 0.6 is 24.8 Å². The summed E-state index contributed by atoms with van der Waals surface area (Å²) >= 11 is 0. The van der Waals surface area contributed by atoms with Crippen molar-refractivity contribution in [2.45, 2.75) is 26.3 Å². The van der Waals surface area contributed by atoms with E-state index in [2.05, 4.69) is 36.2 Å². The predicted molar refractivity (Wildman–Crippen MR) is 107 cm³/mol. The number of hydrogen-bond donors (Lipinski definition) is 1. The number of ether oxygens (including phenoxy) is 3. The van der Waals surface area contributed by atoms with Crippen LogP contribution in [0, 0.1) is 5.92 Å². The monoisotopic (exact) mass is 394 g/mol. The van der Waals surface area contributed by atoms with E-state index in [9.17, 15) is 0 Å². The van der Waals surface area contributed by atoms with Gasteiger partial charge in [0.25, 0.3) is 0 Å². The van der Waals surface area contributed by atoms with Crippen LogP contribution in [-0.4, -0.2) is 52.4 Å². The van der Waals surface area contributed by atoms with Gasteiger partial charge in [-0.15, -0.1) is 24.8 Å². The number of benzene rings is 1. The van der Waals surface area contributed by atoms with Gasteiger partial charge in [-0.2, -0.15) is 0 Å². The minimum atomic E-state index is 0. The molecule has 1 N–H and O–H groups in total. The van der Waals surface area contributed by atoms with Crippen LogP contribution in [-0.2, 0) is 0 Å². The van der Waals surface area contributed by atoms with E-state index in [-0.39, 0.29) is 24.8 Å². The normalized spacial score (nSPS) is 15.8. The van der Waals surface area contributed by atoms with Crippen LogP contribution in [0.25, 0.3) is 0 Å². The third kappa shape index (κ3) is 6.10. The summed E-state index contributed by atoms with van der Waals surface area (Å²) in [6.45, 7) is 8.75. The molecular weight excluding hydrogens is 363 g/mol. The van der Waals surface area contributed by atoms with Gasteiger partial charge in [0.05, 0.1) is 21.3 Å². The van der Waals surface area contributed by atoms with Crippen LogP contribution < -0.4 is 19.5 Å². The number of nitrogens with one attached hydrogen (secondary N) is 1. The Morgan fingerprint density at radius 1 is 0.960 bits per heavy atom. The number of halogens is 2. The zero-order chi connectivity index (χ0) is 16.8. The Balaban J connectivity index is 0.00000288. The fourth-order valence-electron chi connectivity index (χ4n) is 3.23. The van der Waals surface area contributed by atoms with Gasteiger partial charge in [-0.1, -0.05) is 13.8 Å². The zero-order valence-corrected chi connectivity index (χ0v) is 17.5. The van der Waals surface area contributed by atoms with E-state index in [1.54, 1.807) is 21.3 Å². The second kappa shape index (κ2) is 11.7. The molecule has 1 fully saturated rings. The average molecular weight is 395 g/mol. The Hall–Kier alpha value is -0.880. The van der Waals surface area contributed by atoms with Gasteiger partial charge in [-0.25, -0.2) is 0 Å². The lowest BCUT2D eigenvalue weighted by Crippen LogP contribution is -2.45. The maximum absolute atomic E-state index is 5.53. The molecule has 1 saturated heterocycles. The van der Waals surface area contributed by atoms with Gasteiger partial charge in [-0.3, -0.25) is 4.90 Å². The first kappa shape index (κ1) is 24.1. The lowest BCUT2D eigenvalue weighted by atomic mass is 9.94. The molecule has 0 aliphatic carbocycles. The summed E-state index contributed by atoms with van der Waals surface area (Å²) < 4.78 is 16.5. The molecule has 1 aromatic rings. The van der Waals surface area contributed by atoms with Gasteiger partial charge in [0.2, 0.25) is 5.75 Å². The van der Waals surface area contributed by atoms with Crippen LogP contribution in [0.3, 0.4) is 0 Å². The van der Waals surface area contributed by atoms with Gasteiger partial charge in [0.15, 0.2) is 11.5 Å². The van der Waals surface area contributed by atoms with E-state index >= 15 is 0 Å². The third-order valence-electron chi connectivity index (χ3n) is 4.36. The van der Waals surface area contributed by atoms with Crippen LogP contribution in [0.2, 0.25) is 0 Å². The Labute approximate surface area is 164 Å². The van der Waals surface area contributed by atoms with Crippen LogP contribution in [0.1, 0.15) is 31.9 Å². The summed E-state index contributed by atoms with van der Waals surface area (Å²) in [4.78, 5) is 2.55. The maximum Gasteiger partial charge on any atom is 0.203 e. The van der Waals surface area contributed by atoms with Crippen molar-refractivity contribution < 1.29 is 14.2 Å². The first-order chi connectivity index (χ1) is 11.1. The van der Waals surface area contributed by atoms with Crippen molar-refractivity contribution in [2.24, 2.45) is 5.92 Å². The molecule has 0 aromatic heterocycles. The largest absolute Gasteiger partial charge is 0.493 e. The fourth-order valence-corrected chi connectivity index (χ4v) is 3.23. The molecular formula is C18H32Cl2N2O3. The molecule has 25 heavy (non-hydrogen) atoms. The Morgan fingerprint density at radius 3 is 1.88 bits per heavy atom. The summed E-state index contributed by atoms with van der Waals surface area (Å²) in [7, 11) is 4.98. The smallest absolute Gasteiger partial charge is 0.203 e. The van der Waals surface area contributed by atoms with Crippen molar-refractivity contribution in [3.05, 3.63) is 17.7 Å². The molecule has 1 atom stereocenters. The molecule has 0 bridgehead atoms. The highest BCUT2D eigenvalue weighted by atomic mass is 35.5. The lowest BCUT2D eigenvalue weighted by Gasteiger charge is -2.36. The van der Waals surface area contributed by atoms with Gasteiger partial charge >= 0.3 is 0 Å². The molecule has 146 valence electrons. The number of nitrogens with zero attached hydrogens (tertiary/aromatic N) is 1. The fraction of sp³-hybridized carbons (Fsp3) is 0.667. The first-order valence-corrected chi connectivity index (χ1v) is 8.35. The van der Waals surface area contributed by atoms with Crippen molar-refractivity contribution in [3.8, 4) is 17.2 Å². The summed E-state index contributed by atoms with van der Waals surface area (Å²) in [5.41, 5.74) is 1.23. The van der Waals surface area contributed by atoms with E-state index in [0.29, 0.717) is 17.7 Å². The molecule has 1 aliphatic rings. The Bertz CT molecular complexity index is 484. The van der Waals surface area contributed by atoms with E-state index in [4.69, 9.17) is 14.2 Å². The quantitative estimate of drug-likeness (QED) is 0.765. The van der Waals surface area contributed by atoms with E-state index in [1.807, 2.05) is 0 Å². The molecule has 0 unspecified atom stereocenters. The molecule has 5 nitrogen and oxygen atoms in total. The van der Waals surface area contributed by atoms with Crippen LogP contribution in [0.5, 0.6) is 17.2 Å². The highest BCUT2D eigenvalue weighted by Crippen LogP contribution is 2.41.